The second-order valence-electron chi connectivity index (χ2n) is 9.51. The van der Waals surface area contributed by atoms with E-state index in [-0.39, 0.29) is 5.91 Å². The summed E-state index contributed by atoms with van der Waals surface area (Å²) >= 11 is 0. The maximum atomic E-state index is 13.4. The van der Waals surface area contributed by atoms with Crippen molar-refractivity contribution in [3.8, 4) is 0 Å². The van der Waals surface area contributed by atoms with Gasteiger partial charge in [0.25, 0.3) is 5.91 Å². The topological polar surface area (TPSA) is 58.1 Å². The van der Waals surface area contributed by atoms with Gasteiger partial charge in [-0.3, -0.25) is 14.8 Å². The van der Waals surface area contributed by atoms with Crippen LogP contribution in [0.2, 0.25) is 0 Å². The van der Waals surface area contributed by atoms with Gasteiger partial charge in [0.2, 0.25) is 0 Å². The molecule has 0 spiro atoms. The van der Waals surface area contributed by atoms with Gasteiger partial charge in [-0.1, -0.05) is 30.3 Å². The van der Waals surface area contributed by atoms with Gasteiger partial charge >= 0.3 is 0 Å². The number of fused-ring (bicyclic) bond motifs is 1. The monoisotopic (exact) mass is 464 g/mol. The van der Waals surface area contributed by atoms with E-state index in [1.165, 1.54) is 16.3 Å². The lowest BCUT2D eigenvalue weighted by Gasteiger charge is -2.22. The van der Waals surface area contributed by atoms with E-state index < -0.39 is 0 Å². The number of amides is 1. The third-order valence-corrected chi connectivity index (χ3v) is 7.09. The summed E-state index contributed by atoms with van der Waals surface area (Å²) in [5, 5.41) is 5.94. The van der Waals surface area contributed by atoms with E-state index in [0.29, 0.717) is 12.5 Å². The first kappa shape index (κ1) is 23.0. The average molecular weight is 465 g/mol. The maximum absolute atomic E-state index is 13.4. The van der Waals surface area contributed by atoms with Crippen molar-refractivity contribution < 1.29 is 4.79 Å². The molecule has 178 valence electrons. The number of nitrogens with zero attached hydrogens (tertiary/aromatic N) is 3. The zero-order valence-corrected chi connectivity index (χ0v) is 20.3. The third kappa shape index (κ3) is 5.51. The molecule has 0 unspecified atom stereocenters. The van der Waals surface area contributed by atoms with Crippen LogP contribution in [-0.4, -0.2) is 33.9 Å². The molecule has 0 radical (unpaired) electrons. The van der Waals surface area contributed by atoms with Crippen molar-refractivity contribution in [3.05, 3.63) is 102 Å². The van der Waals surface area contributed by atoms with E-state index in [0.717, 1.165) is 61.3 Å². The Morgan fingerprint density at radius 3 is 2.86 bits per heavy atom. The Hall–Kier alpha value is -3.73. The highest BCUT2D eigenvalue weighted by Crippen LogP contribution is 2.27. The lowest BCUT2D eigenvalue weighted by atomic mass is 9.91. The van der Waals surface area contributed by atoms with Crippen molar-refractivity contribution in [2.75, 3.05) is 18.4 Å². The van der Waals surface area contributed by atoms with Crippen LogP contribution in [0.3, 0.4) is 0 Å². The molecule has 3 heterocycles. The van der Waals surface area contributed by atoms with Crippen LogP contribution >= 0.6 is 0 Å². The quantitative estimate of drug-likeness (QED) is 0.378. The van der Waals surface area contributed by atoms with Crippen LogP contribution in [-0.2, 0) is 13.0 Å². The number of nitrogens with one attached hydrogen (secondary N) is 1. The molecular formula is C30H32N4O. The molecule has 5 nitrogen and oxygen atoms in total. The molecule has 1 amide bonds. The van der Waals surface area contributed by atoms with E-state index in [1.54, 1.807) is 6.20 Å². The summed E-state index contributed by atoms with van der Waals surface area (Å²) in [7, 11) is 0. The number of rotatable bonds is 6. The van der Waals surface area contributed by atoms with Gasteiger partial charge in [-0.15, -0.1) is 0 Å². The number of aromatic nitrogens is 2. The summed E-state index contributed by atoms with van der Waals surface area (Å²) in [4.78, 5) is 24.2. The zero-order valence-electron chi connectivity index (χ0n) is 20.3. The van der Waals surface area contributed by atoms with Crippen LogP contribution < -0.4 is 5.32 Å². The molecular weight excluding hydrogens is 432 g/mol. The molecule has 4 aromatic rings. The fraction of sp³-hybridized carbons (Fsp3) is 0.300. The van der Waals surface area contributed by atoms with Gasteiger partial charge in [0.05, 0.1) is 12.2 Å². The number of aryl methyl sites for hydroxylation is 1. The number of carbonyl (C=O) groups is 1. The minimum absolute atomic E-state index is 0.126. The molecule has 1 saturated heterocycles. The molecule has 1 aliphatic heterocycles. The standard InChI is InChI=1S/C30H32N4O/c1-22-10-11-26(19-29(22)33-20-27-9-2-3-14-32-27)30(35)34-16-5-6-23(13-17-34)18-25-8-4-7-24-12-15-31-21-28(24)25/h2-4,7-12,14-15,19,21,23,33H,5-6,13,16-18,20H2,1H3/t23-/m1/s1. The van der Waals surface area contributed by atoms with Crippen LogP contribution in [0.4, 0.5) is 5.69 Å². The molecule has 1 N–H and O–H groups in total. The Bertz CT molecular complexity index is 1300. The first-order valence-electron chi connectivity index (χ1n) is 12.5. The Kier molecular flexibility index (Phi) is 7.03. The van der Waals surface area contributed by atoms with Gasteiger partial charge in [-0.25, -0.2) is 0 Å². The summed E-state index contributed by atoms with van der Waals surface area (Å²) in [6, 6.07) is 20.5. The summed E-state index contributed by atoms with van der Waals surface area (Å²) < 4.78 is 0. The maximum Gasteiger partial charge on any atom is 0.253 e. The fourth-order valence-corrected chi connectivity index (χ4v) is 5.05. The molecule has 0 saturated carbocycles. The van der Waals surface area contributed by atoms with Gasteiger partial charge in [-0.2, -0.15) is 0 Å². The number of likely N-dealkylation sites (tertiary alicyclic amines) is 1. The van der Waals surface area contributed by atoms with Crippen LogP contribution in [0.5, 0.6) is 0 Å². The molecule has 0 bridgehead atoms. The van der Waals surface area contributed by atoms with Crippen molar-refractivity contribution in [3.63, 3.8) is 0 Å². The molecule has 5 rings (SSSR count). The van der Waals surface area contributed by atoms with E-state index in [4.69, 9.17) is 0 Å². The molecule has 2 aromatic heterocycles. The number of benzene rings is 2. The van der Waals surface area contributed by atoms with Crippen molar-refractivity contribution in [1.82, 2.24) is 14.9 Å². The van der Waals surface area contributed by atoms with Gasteiger partial charge in [-0.05, 0) is 85.4 Å². The molecule has 35 heavy (non-hydrogen) atoms. The van der Waals surface area contributed by atoms with Crippen LogP contribution in [0.1, 0.15) is 46.4 Å². The SMILES string of the molecule is Cc1ccc(C(=O)N2CCC[C@@H](Cc3cccc4ccncc34)CC2)cc1NCc1ccccn1. The van der Waals surface area contributed by atoms with E-state index in [2.05, 4.69) is 46.5 Å². The minimum Gasteiger partial charge on any atom is -0.379 e. The van der Waals surface area contributed by atoms with E-state index in [9.17, 15) is 4.79 Å². The van der Waals surface area contributed by atoms with Crippen molar-refractivity contribution in [1.29, 1.82) is 0 Å². The Morgan fingerprint density at radius 1 is 1.03 bits per heavy atom. The highest BCUT2D eigenvalue weighted by molar-refractivity contribution is 5.95. The predicted molar refractivity (Wildman–Crippen MR) is 141 cm³/mol. The van der Waals surface area contributed by atoms with Crippen molar-refractivity contribution >= 4 is 22.4 Å². The van der Waals surface area contributed by atoms with E-state index >= 15 is 0 Å². The molecule has 2 aromatic carbocycles. The molecule has 1 fully saturated rings. The molecule has 1 atom stereocenters. The average Bonchev–Trinajstić information content (AvgIpc) is 3.14. The molecule has 5 heteroatoms. The Morgan fingerprint density at radius 2 is 1.97 bits per heavy atom. The Balaban J connectivity index is 1.23. The van der Waals surface area contributed by atoms with Gasteiger partial charge in [0.15, 0.2) is 0 Å². The molecule has 0 aliphatic carbocycles. The number of anilines is 1. The van der Waals surface area contributed by atoms with Crippen LogP contribution in [0, 0.1) is 12.8 Å². The lowest BCUT2D eigenvalue weighted by Crippen LogP contribution is -2.32. The first-order chi connectivity index (χ1) is 17.2. The van der Waals surface area contributed by atoms with Crippen LogP contribution in [0.25, 0.3) is 10.8 Å². The van der Waals surface area contributed by atoms with Crippen LogP contribution in [0.15, 0.2) is 79.3 Å². The predicted octanol–water partition coefficient (Wildman–Crippen LogP) is 6.04. The fourth-order valence-electron chi connectivity index (χ4n) is 5.05. The molecule has 1 aliphatic rings. The summed E-state index contributed by atoms with van der Waals surface area (Å²) in [5.41, 5.74) is 5.20. The largest absolute Gasteiger partial charge is 0.379 e. The number of hydrogen-bond acceptors (Lipinski definition) is 4. The van der Waals surface area contributed by atoms with Gasteiger partial charge in [0, 0.05) is 48.3 Å². The third-order valence-electron chi connectivity index (χ3n) is 7.09. The number of hydrogen-bond donors (Lipinski definition) is 1. The number of pyridine rings is 2. The van der Waals surface area contributed by atoms with Crippen molar-refractivity contribution in [2.45, 2.75) is 39.2 Å². The lowest BCUT2D eigenvalue weighted by molar-refractivity contribution is 0.0760. The highest BCUT2D eigenvalue weighted by Gasteiger charge is 2.22. The first-order valence-corrected chi connectivity index (χ1v) is 12.5. The second kappa shape index (κ2) is 10.7. The zero-order chi connectivity index (χ0) is 24.0. The minimum atomic E-state index is 0.126. The summed E-state index contributed by atoms with van der Waals surface area (Å²) in [6.07, 6.45) is 9.88. The van der Waals surface area contributed by atoms with Gasteiger partial charge < -0.3 is 10.2 Å². The second-order valence-corrected chi connectivity index (χ2v) is 9.51. The van der Waals surface area contributed by atoms with E-state index in [1.807, 2.05) is 53.7 Å². The Labute approximate surface area is 207 Å². The summed E-state index contributed by atoms with van der Waals surface area (Å²) in [6.45, 7) is 4.32. The smallest absolute Gasteiger partial charge is 0.253 e. The number of carbonyl (C=O) groups excluding carboxylic acids is 1. The van der Waals surface area contributed by atoms with Crippen molar-refractivity contribution in [2.24, 2.45) is 5.92 Å². The summed E-state index contributed by atoms with van der Waals surface area (Å²) in [5.74, 6) is 0.702. The normalized spacial score (nSPS) is 16.1. The van der Waals surface area contributed by atoms with Gasteiger partial charge in [0.1, 0.15) is 0 Å². The highest BCUT2D eigenvalue weighted by atomic mass is 16.2.